The Kier molecular flexibility index (Phi) is 11.6. The van der Waals surface area contributed by atoms with Gasteiger partial charge in [0, 0.05) is 27.1 Å². The topological polar surface area (TPSA) is 114 Å². The van der Waals surface area contributed by atoms with Gasteiger partial charge in [0.15, 0.2) is 0 Å². The van der Waals surface area contributed by atoms with Crippen LogP contribution in [0, 0.1) is 6.92 Å². The molecule has 0 saturated carbocycles. The molecule has 8 nitrogen and oxygen atoms in total. The van der Waals surface area contributed by atoms with Crippen molar-refractivity contribution in [2.45, 2.75) is 18.7 Å². The average molecular weight is 676 g/mol. The van der Waals surface area contributed by atoms with Crippen molar-refractivity contribution in [3.8, 4) is 11.1 Å². The fourth-order valence-corrected chi connectivity index (χ4v) is 6.46. The first kappa shape index (κ1) is 33.9. The Morgan fingerprint density at radius 1 is 0.833 bits per heavy atom. The van der Waals surface area contributed by atoms with E-state index in [-0.39, 0.29) is 24.0 Å². The molecule has 242 valence electrons. The van der Waals surface area contributed by atoms with Gasteiger partial charge in [0.2, 0.25) is 5.91 Å². The number of thioether (sulfide) groups is 1. The van der Waals surface area contributed by atoms with Crippen molar-refractivity contribution in [1.82, 2.24) is 5.32 Å². The number of nitrogens with one attached hydrogen (secondary N) is 3. The van der Waals surface area contributed by atoms with Crippen molar-refractivity contribution in [3.63, 3.8) is 0 Å². The van der Waals surface area contributed by atoms with Crippen molar-refractivity contribution in [1.29, 1.82) is 0 Å². The molecule has 0 atom stereocenters. The predicted octanol–water partition coefficient (Wildman–Crippen LogP) is 8.04. The number of thiophene rings is 1. The standard InChI is InChI=1S/C38H33N3O5S2/c1-3-46-38(45)34-31(27-14-6-4-7-15-27)23-48-37(34)41-33(42)24-47-30-19-11-18-29(22-30)39-36(44)32(21-26-13-10-12-25(2)20-26)40-35(43)28-16-8-5-9-17-28/h4-23H,3,24H2,1-2H3,(H,39,44)(H,40,43)(H,41,42)/b32-21+. The highest BCUT2D eigenvalue weighted by Gasteiger charge is 2.23. The molecule has 0 fully saturated rings. The van der Waals surface area contributed by atoms with Crippen LogP contribution in [0.25, 0.3) is 17.2 Å². The lowest BCUT2D eigenvalue weighted by Crippen LogP contribution is -2.30. The van der Waals surface area contributed by atoms with Crippen molar-refractivity contribution in [2.75, 3.05) is 23.0 Å². The Labute approximate surface area is 287 Å². The summed E-state index contributed by atoms with van der Waals surface area (Å²) in [7, 11) is 0. The number of anilines is 2. The summed E-state index contributed by atoms with van der Waals surface area (Å²) in [6.07, 6.45) is 1.63. The van der Waals surface area contributed by atoms with Gasteiger partial charge in [0.05, 0.1) is 12.4 Å². The largest absolute Gasteiger partial charge is 0.462 e. The van der Waals surface area contributed by atoms with Gasteiger partial charge in [0.1, 0.15) is 16.3 Å². The Morgan fingerprint density at radius 3 is 2.29 bits per heavy atom. The Bertz CT molecular complexity index is 1960. The van der Waals surface area contributed by atoms with Crippen LogP contribution in [-0.4, -0.2) is 36.1 Å². The fraction of sp³-hybridized carbons (Fsp3) is 0.105. The van der Waals surface area contributed by atoms with Crippen LogP contribution in [0.2, 0.25) is 0 Å². The number of amides is 3. The molecule has 10 heteroatoms. The van der Waals surface area contributed by atoms with E-state index in [0.717, 1.165) is 21.6 Å². The van der Waals surface area contributed by atoms with Gasteiger partial charge >= 0.3 is 5.97 Å². The normalized spacial score (nSPS) is 11.0. The molecule has 5 rings (SSSR count). The third kappa shape index (κ3) is 9.09. The minimum Gasteiger partial charge on any atom is -0.462 e. The van der Waals surface area contributed by atoms with Gasteiger partial charge in [-0.2, -0.15) is 0 Å². The smallest absolute Gasteiger partial charge is 0.341 e. The molecule has 5 aromatic rings. The van der Waals surface area contributed by atoms with Crippen LogP contribution >= 0.6 is 23.1 Å². The van der Waals surface area contributed by atoms with Gasteiger partial charge in [-0.25, -0.2) is 4.79 Å². The fourth-order valence-electron chi connectivity index (χ4n) is 4.73. The molecule has 0 radical (unpaired) electrons. The number of esters is 1. The van der Waals surface area contributed by atoms with Crippen LogP contribution in [0.3, 0.4) is 0 Å². The van der Waals surface area contributed by atoms with E-state index in [0.29, 0.717) is 27.4 Å². The summed E-state index contributed by atoms with van der Waals surface area (Å²) >= 11 is 2.54. The molecular weight excluding hydrogens is 643 g/mol. The molecule has 0 aliphatic heterocycles. The maximum atomic E-state index is 13.5. The number of aryl methyl sites for hydroxylation is 1. The van der Waals surface area contributed by atoms with E-state index >= 15 is 0 Å². The first-order valence-electron chi connectivity index (χ1n) is 15.1. The summed E-state index contributed by atoms with van der Waals surface area (Å²) in [4.78, 5) is 53.1. The molecule has 0 aliphatic rings. The lowest BCUT2D eigenvalue weighted by Gasteiger charge is -2.12. The number of carbonyl (C=O) groups excluding carboxylic acids is 4. The second kappa shape index (κ2) is 16.4. The molecule has 0 unspecified atom stereocenters. The van der Waals surface area contributed by atoms with Crippen molar-refractivity contribution < 1.29 is 23.9 Å². The van der Waals surface area contributed by atoms with Gasteiger partial charge in [0.25, 0.3) is 11.8 Å². The molecule has 3 N–H and O–H groups in total. The first-order chi connectivity index (χ1) is 23.3. The summed E-state index contributed by atoms with van der Waals surface area (Å²) < 4.78 is 5.29. The van der Waals surface area contributed by atoms with Crippen LogP contribution in [0.1, 0.15) is 38.8 Å². The van der Waals surface area contributed by atoms with Gasteiger partial charge in [-0.3, -0.25) is 14.4 Å². The molecule has 1 aromatic heterocycles. The molecule has 0 aliphatic carbocycles. The molecule has 3 amide bonds. The second-order valence-corrected chi connectivity index (χ2v) is 12.5. The molecule has 1 heterocycles. The highest BCUT2D eigenvalue weighted by atomic mass is 32.2. The van der Waals surface area contributed by atoms with E-state index in [2.05, 4.69) is 16.0 Å². The Morgan fingerprint density at radius 2 is 1.56 bits per heavy atom. The van der Waals surface area contributed by atoms with E-state index in [4.69, 9.17) is 4.74 Å². The third-order valence-electron chi connectivity index (χ3n) is 6.95. The van der Waals surface area contributed by atoms with Gasteiger partial charge in [-0.05, 0) is 61.4 Å². The van der Waals surface area contributed by atoms with Crippen molar-refractivity contribution in [2.24, 2.45) is 0 Å². The molecule has 0 saturated heterocycles. The van der Waals surface area contributed by atoms with Crippen molar-refractivity contribution >= 4 is 63.6 Å². The molecular formula is C38H33N3O5S2. The zero-order valence-corrected chi connectivity index (χ0v) is 28.0. The maximum Gasteiger partial charge on any atom is 0.341 e. The number of hydrogen-bond acceptors (Lipinski definition) is 7. The molecule has 4 aromatic carbocycles. The van der Waals surface area contributed by atoms with E-state index in [1.165, 1.54) is 23.1 Å². The number of rotatable bonds is 12. The van der Waals surface area contributed by atoms with Crippen LogP contribution < -0.4 is 16.0 Å². The SMILES string of the molecule is CCOC(=O)c1c(-c2ccccc2)csc1NC(=O)CSc1cccc(NC(=O)/C(=C\c2cccc(C)c2)NC(=O)c2ccccc2)c1. The lowest BCUT2D eigenvalue weighted by atomic mass is 10.0. The quantitative estimate of drug-likeness (QED) is 0.0701. The minimum absolute atomic E-state index is 0.0594. The van der Waals surface area contributed by atoms with E-state index in [1.54, 1.807) is 55.5 Å². The Balaban J connectivity index is 1.27. The van der Waals surface area contributed by atoms with Gasteiger partial charge in [-0.15, -0.1) is 23.1 Å². The minimum atomic E-state index is -0.501. The lowest BCUT2D eigenvalue weighted by molar-refractivity contribution is -0.114. The average Bonchev–Trinajstić information content (AvgIpc) is 3.51. The van der Waals surface area contributed by atoms with E-state index in [1.807, 2.05) is 79.0 Å². The molecule has 0 spiro atoms. The zero-order chi connectivity index (χ0) is 33.9. The number of carbonyl (C=O) groups is 4. The second-order valence-electron chi connectivity index (χ2n) is 10.6. The molecule has 48 heavy (non-hydrogen) atoms. The van der Waals surface area contributed by atoms with Gasteiger partial charge < -0.3 is 20.7 Å². The first-order valence-corrected chi connectivity index (χ1v) is 17.0. The van der Waals surface area contributed by atoms with Crippen LogP contribution in [-0.2, 0) is 14.3 Å². The van der Waals surface area contributed by atoms with Crippen LogP contribution in [0.4, 0.5) is 10.7 Å². The monoisotopic (exact) mass is 675 g/mol. The summed E-state index contributed by atoms with van der Waals surface area (Å²) in [6.45, 7) is 3.90. The summed E-state index contributed by atoms with van der Waals surface area (Å²) in [6, 6.07) is 32.8. The number of ether oxygens (including phenoxy) is 1. The summed E-state index contributed by atoms with van der Waals surface area (Å²) in [5.41, 5.74) is 4.63. The number of benzene rings is 4. The zero-order valence-electron chi connectivity index (χ0n) is 26.3. The summed E-state index contributed by atoms with van der Waals surface area (Å²) in [5, 5.41) is 10.7. The van der Waals surface area contributed by atoms with E-state index < -0.39 is 17.8 Å². The third-order valence-corrected chi connectivity index (χ3v) is 8.84. The molecule has 0 bridgehead atoms. The van der Waals surface area contributed by atoms with Gasteiger partial charge in [-0.1, -0.05) is 84.4 Å². The summed E-state index contributed by atoms with van der Waals surface area (Å²) in [5.74, 6) is -1.65. The maximum absolute atomic E-state index is 13.5. The van der Waals surface area contributed by atoms with Crippen molar-refractivity contribution in [3.05, 3.63) is 143 Å². The highest BCUT2D eigenvalue weighted by molar-refractivity contribution is 8.00. The Hall–Kier alpha value is -5.45. The highest BCUT2D eigenvalue weighted by Crippen LogP contribution is 2.36. The van der Waals surface area contributed by atoms with E-state index in [9.17, 15) is 19.2 Å². The van der Waals surface area contributed by atoms with Crippen LogP contribution in [0.15, 0.2) is 125 Å². The van der Waals surface area contributed by atoms with Crippen LogP contribution in [0.5, 0.6) is 0 Å². The number of hydrogen-bond donors (Lipinski definition) is 3. The predicted molar refractivity (Wildman–Crippen MR) is 193 cm³/mol.